The topological polar surface area (TPSA) is 73.1 Å². The molecule has 0 aromatic rings. The van der Waals surface area contributed by atoms with E-state index in [0.717, 1.165) is 12.3 Å². The largest absolute Gasteiger partial charge is 0.490 e. The number of hydrogen-bond acceptors (Lipinski definition) is 4. The van der Waals surface area contributed by atoms with Crippen molar-refractivity contribution in [2.75, 3.05) is 12.3 Å². The highest BCUT2D eigenvalue weighted by atomic mass is 32.2. The molecule has 0 aromatic carbocycles. The summed E-state index contributed by atoms with van der Waals surface area (Å²) in [6.45, 7) is 0.989. The smallest absolute Gasteiger partial charge is 0.475 e. The molecule has 1 rings (SSSR count). The molecular formula is C6H7F3N2O2S. The molecule has 1 heterocycles. The minimum atomic E-state index is -5.08. The van der Waals surface area contributed by atoms with E-state index in [-0.39, 0.29) is 5.37 Å². The number of halogens is 3. The molecule has 1 fully saturated rings. The van der Waals surface area contributed by atoms with Crippen LogP contribution in [-0.4, -0.2) is 34.9 Å². The normalized spacial score (nSPS) is 20.6. The number of carbonyl (C=O) groups is 1. The number of thioether (sulfide) groups is 1. The summed E-state index contributed by atoms with van der Waals surface area (Å²) >= 11 is 1.67. The van der Waals surface area contributed by atoms with Gasteiger partial charge in [-0.1, -0.05) is 0 Å². The first kappa shape index (κ1) is 13.1. The molecule has 1 aliphatic rings. The van der Waals surface area contributed by atoms with Crippen molar-refractivity contribution in [3.05, 3.63) is 0 Å². The zero-order valence-electron chi connectivity index (χ0n) is 6.84. The highest BCUT2D eigenvalue weighted by molar-refractivity contribution is 8.00. The molecule has 1 atom stereocenters. The zero-order valence-corrected chi connectivity index (χ0v) is 7.65. The van der Waals surface area contributed by atoms with Gasteiger partial charge in [0.05, 0.1) is 6.07 Å². The summed E-state index contributed by atoms with van der Waals surface area (Å²) < 4.78 is 31.7. The van der Waals surface area contributed by atoms with E-state index in [9.17, 15) is 13.2 Å². The highest BCUT2D eigenvalue weighted by Crippen LogP contribution is 2.13. The van der Waals surface area contributed by atoms with Gasteiger partial charge in [-0.25, -0.2) is 4.79 Å². The van der Waals surface area contributed by atoms with Crippen LogP contribution in [-0.2, 0) is 4.79 Å². The predicted octanol–water partition coefficient (Wildman–Crippen LogP) is 0.806. The third kappa shape index (κ3) is 5.66. The Hall–Kier alpha value is -0.940. The first-order chi connectivity index (χ1) is 6.38. The van der Waals surface area contributed by atoms with E-state index in [4.69, 9.17) is 15.2 Å². The lowest BCUT2D eigenvalue weighted by molar-refractivity contribution is -0.192. The summed E-state index contributed by atoms with van der Waals surface area (Å²) in [4.78, 5) is 8.90. The maximum absolute atomic E-state index is 10.6. The summed E-state index contributed by atoms with van der Waals surface area (Å²) in [7, 11) is 0. The van der Waals surface area contributed by atoms with Crippen molar-refractivity contribution in [1.82, 2.24) is 5.32 Å². The molecule has 0 amide bonds. The van der Waals surface area contributed by atoms with Gasteiger partial charge in [-0.05, 0) is 0 Å². The molecule has 0 spiro atoms. The van der Waals surface area contributed by atoms with Crippen molar-refractivity contribution < 1.29 is 23.1 Å². The van der Waals surface area contributed by atoms with Crippen LogP contribution in [0.4, 0.5) is 13.2 Å². The van der Waals surface area contributed by atoms with Gasteiger partial charge in [-0.15, -0.1) is 11.8 Å². The summed E-state index contributed by atoms with van der Waals surface area (Å²) in [6, 6.07) is 2.12. The Morgan fingerprint density at radius 1 is 1.64 bits per heavy atom. The van der Waals surface area contributed by atoms with Crippen LogP contribution in [0.1, 0.15) is 0 Å². The number of aliphatic carboxylic acids is 1. The average Bonchev–Trinajstić information content (AvgIpc) is 2.54. The zero-order chi connectivity index (χ0) is 11.2. The van der Waals surface area contributed by atoms with Gasteiger partial charge >= 0.3 is 12.1 Å². The molecule has 4 nitrogen and oxygen atoms in total. The summed E-state index contributed by atoms with van der Waals surface area (Å²) in [5, 5.41) is 18.4. The van der Waals surface area contributed by atoms with Crippen molar-refractivity contribution in [2.24, 2.45) is 0 Å². The monoisotopic (exact) mass is 228 g/mol. The average molecular weight is 228 g/mol. The van der Waals surface area contributed by atoms with Crippen LogP contribution in [0.2, 0.25) is 0 Å². The maximum atomic E-state index is 10.6. The molecule has 1 aliphatic heterocycles. The second-order valence-electron chi connectivity index (χ2n) is 2.14. The van der Waals surface area contributed by atoms with Crippen LogP contribution in [0.15, 0.2) is 0 Å². The van der Waals surface area contributed by atoms with Crippen LogP contribution >= 0.6 is 11.8 Å². The van der Waals surface area contributed by atoms with Gasteiger partial charge < -0.3 is 5.11 Å². The van der Waals surface area contributed by atoms with E-state index in [1.807, 2.05) is 0 Å². The number of carboxylic acids is 1. The molecule has 0 aromatic heterocycles. The Morgan fingerprint density at radius 3 is 2.29 bits per heavy atom. The minimum absolute atomic E-state index is 0.0694. The van der Waals surface area contributed by atoms with Crippen LogP contribution in [0.5, 0.6) is 0 Å². The minimum Gasteiger partial charge on any atom is -0.475 e. The van der Waals surface area contributed by atoms with Crippen LogP contribution < -0.4 is 5.32 Å². The molecule has 0 radical (unpaired) electrons. The molecule has 0 bridgehead atoms. The van der Waals surface area contributed by atoms with Crippen molar-refractivity contribution in [2.45, 2.75) is 11.6 Å². The lowest BCUT2D eigenvalue weighted by Crippen LogP contribution is -2.21. The second kappa shape index (κ2) is 5.72. The van der Waals surface area contributed by atoms with Gasteiger partial charge in [0.1, 0.15) is 5.37 Å². The van der Waals surface area contributed by atoms with Gasteiger partial charge in [0.25, 0.3) is 0 Å². The van der Waals surface area contributed by atoms with Gasteiger partial charge in [0.2, 0.25) is 0 Å². The van der Waals surface area contributed by atoms with Crippen LogP contribution in [0.25, 0.3) is 0 Å². The van der Waals surface area contributed by atoms with Crippen molar-refractivity contribution in [1.29, 1.82) is 5.26 Å². The number of rotatable bonds is 0. The Balaban J connectivity index is 0.000000241. The Morgan fingerprint density at radius 2 is 2.14 bits per heavy atom. The molecule has 1 unspecified atom stereocenters. The first-order valence-corrected chi connectivity index (χ1v) is 4.47. The third-order valence-electron chi connectivity index (χ3n) is 1.08. The highest BCUT2D eigenvalue weighted by Gasteiger charge is 2.38. The van der Waals surface area contributed by atoms with Gasteiger partial charge in [0.15, 0.2) is 0 Å². The maximum Gasteiger partial charge on any atom is 0.490 e. The van der Waals surface area contributed by atoms with E-state index in [1.165, 1.54) is 0 Å². The Labute approximate surface area is 82.1 Å². The first-order valence-electron chi connectivity index (χ1n) is 3.42. The molecule has 14 heavy (non-hydrogen) atoms. The fraction of sp³-hybridized carbons (Fsp3) is 0.667. The van der Waals surface area contributed by atoms with E-state index < -0.39 is 12.1 Å². The van der Waals surface area contributed by atoms with Gasteiger partial charge in [-0.3, -0.25) is 5.32 Å². The predicted molar refractivity (Wildman–Crippen MR) is 43.6 cm³/mol. The fourth-order valence-corrected chi connectivity index (χ4v) is 1.29. The van der Waals surface area contributed by atoms with E-state index in [2.05, 4.69) is 11.4 Å². The Bertz CT molecular complexity index is 232. The number of nitrogens with zero attached hydrogens (tertiary/aromatic N) is 1. The lowest BCUT2D eigenvalue weighted by atomic mass is 10.6. The molecule has 80 valence electrons. The van der Waals surface area contributed by atoms with Crippen LogP contribution in [0, 0.1) is 11.3 Å². The van der Waals surface area contributed by atoms with E-state index in [1.54, 1.807) is 11.8 Å². The number of carboxylic acid groups (broad SMARTS) is 1. The molecule has 8 heteroatoms. The van der Waals surface area contributed by atoms with E-state index in [0.29, 0.717) is 0 Å². The third-order valence-corrected chi connectivity index (χ3v) is 2.12. The van der Waals surface area contributed by atoms with Crippen molar-refractivity contribution in [3.8, 4) is 6.07 Å². The van der Waals surface area contributed by atoms with Crippen molar-refractivity contribution in [3.63, 3.8) is 0 Å². The second-order valence-corrected chi connectivity index (χ2v) is 3.35. The van der Waals surface area contributed by atoms with Gasteiger partial charge in [0, 0.05) is 12.3 Å². The summed E-state index contributed by atoms with van der Waals surface area (Å²) in [6.07, 6.45) is -5.08. The summed E-state index contributed by atoms with van der Waals surface area (Å²) in [5.41, 5.74) is 0. The van der Waals surface area contributed by atoms with Gasteiger partial charge in [-0.2, -0.15) is 18.4 Å². The van der Waals surface area contributed by atoms with E-state index >= 15 is 0 Å². The fourth-order valence-electron chi connectivity index (χ4n) is 0.509. The molecule has 0 aliphatic carbocycles. The summed E-state index contributed by atoms with van der Waals surface area (Å²) in [5.74, 6) is -1.68. The molecule has 2 N–H and O–H groups in total. The van der Waals surface area contributed by atoms with Crippen LogP contribution in [0.3, 0.4) is 0 Å². The number of alkyl halides is 3. The number of nitrogens with one attached hydrogen (secondary N) is 1. The quantitative estimate of drug-likeness (QED) is 0.641. The molecule has 1 saturated heterocycles. The standard InChI is InChI=1S/C4H6N2S.C2HF3O2/c5-3-4-6-1-2-7-4;3-2(4,5)1(6)7/h4,6H,1-2H2;(H,6,7). The molecule has 0 saturated carbocycles. The number of hydrogen-bond donors (Lipinski definition) is 2. The lowest BCUT2D eigenvalue weighted by Gasteiger charge is -1.93. The number of nitriles is 1. The Kier molecular flexibility index (Phi) is 5.34. The molecular weight excluding hydrogens is 221 g/mol. The van der Waals surface area contributed by atoms with Crippen molar-refractivity contribution >= 4 is 17.7 Å². The SMILES string of the molecule is N#CC1NCCS1.O=C(O)C(F)(F)F.